The number of pyridine rings is 1. The summed E-state index contributed by atoms with van der Waals surface area (Å²) in [5, 5.41) is 0. The van der Waals surface area contributed by atoms with E-state index in [1.807, 2.05) is 4.90 Å². The van der Waals surface area contributed by atoms with E-state index in [2.05, 4.69) is 4.90 Å². The summed E-state index contributed by atoms with van der Waals surface area (Å²) in [5.41, 5.74) is 5.97. The van der Waals surface area contributed by atoms with Gasteiger partial charge in [0.25, 0.3) is 5.56 Å². The predicted molar refractivity (Wildman–Crippen MR) is 76.3 cm³/mol. The van der Waals surface area contributed by atoms with Gasteiger partial charge in [-0.3, -0.25) is 14.5 Å². The molecule has 0 radical (unpaired) electrons. The van der Waals surface area contributed by atoms with E-state index in [9.17, 15) is 9.59 Å². The van der Waals surface area contributed by atoms with Crippen LogP contribution >= 0.6 is 0 Å². The van der Waals surface area contributed by atoms with Crippen LogP contribution in [0.15, 0.2) is 23.1 Å². The van der Waals surface area contributed by atoms with Gasteiger partial charge in [0.15, 0.2) is 0 Å². The van der Waals surface area contributed by atoms with Crippen LogP contribution < -0.4 is 11.3 Å². The molecule has 1 aromatic rings. The smallest absolute Gasteiger partial charge is 0.251 e. The van der Waals surface area contributed by atoms with Gasteiger partial charge >= 0.3 is 0 Å². The summed E-state index contributed by atoms with van der Waals surface area (Å²) in [6, 6.07) is 3.46. The number of nitrogens with zero attached hydrogens (tertiary/aromatic N) is 3. The highest BCUT2D eigenvalue weighted by atomic mass is 16.2. The molecular formula is C14H20N4O2. The molecule has 2 N–H and O–H groups in total. The number of anilines is 1. The molecule has 0 aromatic carbocycles. The lowest BCUT2D eigenvalue weighted by Gasteiger charge is -2.37. The third-order valence-electron chi connectivity index (χ3n) is 4.25. The van der Waals surface area contributed by atoms with Gasteiger partial charge in [0.2, 0.25) is 5.91 Å². The molecule has 6 heteroatoms. The zero-order valence-electron chi connectivity index (χ0n) is 11.5. The van der Waals surface area contributed by atoms with Crippen molar-refractivity contribution in [2.45, 2.75) is 25.4 Å². The summed E-state index contributed by atoms with van der Waals surface area (Å²) in [6.07, 6.45) is 3.93. The first kappa shape index (κ1) is 13.2. The normalized spacial score (nSPS) is 22.8. The lowest BCUT2D eigenvalue weighted by Crippen LogP contribution is -2.53. The number of hydrogen-bond acceptors (Lipinski definition) is 4. The van der Waals surface area contributed by atoms with Gasteiger partial charge in [-0.1, -0.05) is 0 Å². The number of fused-ring (bicyclic) bond motifs is 1. The van der Waals surface area contributed by atoms with Crippen LogP contribution in [0.25, 0.3) is 0 Å². The van der Waals surface area contributed by atoms with Crippen LogP contribution in [0.4, 0.5) is 5.69 Å². The van der Waals surface area contributed by atoms with E-state index < -0.39 is 0 Å². The van der Waals surface area contributed by atoms with Crippen LogP contribution in [-0.4, -0.2) is 52.5 Å². The Balaban J connectivity index is 1.67. The maximum absolute atomic E-state index is 12.3. The van der Waals surface area contributed by atoms with Crippen molar-refractivity contribution in [3.8, 4) is 0 Å². The van der Waals surface area contributed by atoms with Gasteiger partial charge in [0.1, 0.15) is 6.54 Å². The standard InChI is InChI=1S/C14H20N4O2/c15-11-3-4-13(19)18(8-11)10-14(20)17-7-6-16-5-1-2-12(16)9-17/h3-4,8,12H,1-2,5-7,9-10,15H2. The Morgan fingerprint density at radius 2 is 2.15 bits per heavy atom. The zero-order valence-corrected chi connectivity index (χ0v) is 11.5. The first-order valence-electron chi connectivity index (χ1n) is 7.11. The summed E-state index contributed by atoms with van der Waals surface area (Å²) in [4.78, 5) is 28.4. The second-order valence-electron chi connectivity index (χ2n) is 5.60. The molecular weight excluding hydrogens is 256 g/mol. The minimum Gasteiger partial charge on any atom is -0.398 e. The lowest BCUT2D eigenvalue weighted by atomic mass is 10.1. The zero-order chi connectivity index (χ0) is 14.1. The molecule has 2 aliphatic heterocycles. The molecule has 108 valence electrons. The number of aromatic nitrogens is 1. The molecule has 2 fully saturated rings. The van der Waals surface area contributed by atoms with Crippen LogP contribution in [0.2, 0.25) is 0 Å². The molecule has 0 saturated carbocycles. The first-order valence-corrected chi connectivity index (χ1v) is 7.11. The molecule has 1 aromatic heterocycles. The minimum absolute atomic E-state index is 0.00394. The number of hydrogen-bond donors (Lipinski definition) is 1. The van der Waals surface area contributed by atoms with E-state index in [1.165, 1.54) is 29.7 Å². The van der Waals surface area contributed by atoms with Gasteiger partial charge in [-0.05, 0) is 25.5 Å². The molecule has 6 nitrogen and oxygen atoms in total. The molecule has 0 bridgehead atoms. The van der Waals surface area contributed by atoms with E-state index in [-0.39, 0.29) is 18.0 Å². The van der Waals surface area contributed by atoms with Crippen LogP contribution in [-0.2, 0) is 11.3 Å². The first-order chi connectivity index (χ1) is 9.63. The number of nitrogen functional groups attached to an aromatic ring is 1. The number of carbonyl (C=O) groups is 1. The molecule has 2 saturated heterocycles. The van der Waals surface area contributed by atoms with E-state index in [4.69, 9.17) is 5.73 Å². The average Bonchev–Trinajstić information content (AvgIpc) is 2.90. The van der Waals surface area contributed by atoms with E-state index in [0.29, 0.717) is 11.7 Å². The molecule has 3 heterocycles. The van der Waals surface area contributed by atoms with Gasteiger partial charge in [0.05, 0.1) is 0 Å². The van der Waals surface area contributed by atoms with Gasteiger partial charge in [-0.25, -0.2) is 0 Å². The fourth-order valence-corrected chi connectivity index (χ4v) is 3.14. The predicted octanol–water partition coefficient (Wildman–Crippen LogP) is -0.263. The highest BCUT2D eigenvalue weighted by molar-refractivity contribution is 5.76. The molecule has 1 amide bonds. The average molecular weight is 276 g/mol. The molecule has 1 atom stereocenters. The quantitative estimate of drug-likeness (QED) is 0.807. The van der Waals surface area contributed by atoms with Crippen LogP contribution in [0, 0.1) is 0 Å². The fraction of sp³-hybridized carbons (Fsp3) is 0.571. The summed E-state index contributed by atoms with van der Waals surface area (Å²) in [6.45, 7) is 3.72. The molecule has 1 unspecified atom stereocenters. The van der Waals surface area contributed by atoms with E-state index in [0.717, 1.165) is 26.2 Å². The van der Waals surface area contributed by atoms with Crippen molar-refractivity contribution in [1.82, 2.24) is 14.4 Å². The van der Waals surface area contributed by atoms with Crippen molar-refractivity contribution in [1.29, 1.82) is 0 Å². The summed E-state index contributed by atoms with van der Waals surface area (Å²) in [7, 11) is 0. The second-order valence-corrected chi connectivity index (χ2v) is 5.60. The highest BCUT2D eigenvalue weighted by Gasteiger charge is 2.32. The Morgan fingerprint density at radius 1 is 1.30 bits per heavy atom. The van der Waals surface area contributed by atoms with Gasteiger partial charge in [-0.15, -0.1) is 0 Å². The van der Waals surface area contributed by atoms with Crippen LogP contribution in [0.3, 0.4) is 0 Å². The Hall–Kier alpha value is -1.82. The van der Waals surface area contributed by atoms with Gasteiger partial charge in [-0.2, -0.15) is 0 Å². The SMILES string of the molecule is Nc1ccc(=O)n(CC(=O)N2CCN3CCCC3C2)c1. The largest absolute Gasteiger partial charge is 0.398 e. The van der Waals surface area contributed by atoms with Gasteiger partial charge < -0.3 is 15.2 Å². The molecule has 20 heavy (non-hydrogen) atoms. The monoisotopic (exact) mass is 276 g/mol. The van der Waals surface area contributed by atoms with Crippen molar-refractivity contribution in [3.05, 3.63) is 28.7 Å². The van der Waals surface area contributed by atoms with E-state index in [1.54, 1.807) is 6.07 Å². The summed E-state index contributed by atoms with van der Waals surface area (Å²) in [5.74, 6) is 0.00394. The van der Waals surface area contributed by atoms with Crippen LogP contribution in [0.5, 0.6) is 0 Å². The van der Waals surface area contributed by atoms with Crippen molar-refractivity contribution >= 4 is 11.6 Å². The number of carbonyl (C=O) groups excluding carboxylic acids is 1. The Labute approximate surface area is 117 Å². The topological polar surface area (TPSA) is 71.6 Å². The number of piperazine rings is 1. The Bertz CT molecular complexity index is 569. The molecule has 0 spiro atoms. The summed E-state index contributed by atoms with van der Waals surface area (Å²) >= 11 is 0. The second kappa shape index (κ2) is 5.28. The number of rotatable bonds is 2. The number of nitrogens with two attached hydrogens (primary N) is 1. The summed E-state index contributed by atoms with van der Waals surface area (Å²) < 4.78 is 1.39. The molecule has 3 rings (SSSR count). The molecule has 2 aliphatic rings. The van der Waals surface area contributed by atoms with Crippen molar-refractivity contribution in [2.75, 3.05) is 31.9 Å². The van der Waals surface area contributed by atoms with Crippen molar-refractivity contribution in [2.24, 2.45) is 0 Å². The third kappa shape index (κ3) is 2.56. The van der Waals surface area contributed by atoms with Crippen LogP contribution in [0.1, 0.15) is 12.8 Å². The third-order valence-corrected chi connectivity index (χ3v) is 4.25. The maximum Gasteiger partial charge on any atom is 0.251 e. The number of amides is 1. The maximum atomic E-state index is 12.3. The van der Waals surface area contributed by atoms with E-state index >= 15 is 0 Å². The Morgan fingerprint density at radius 3 is 3.00 bits per heavy atom. The Kier molecular flexibility index (Phi) is 3.48. The lowest BCUT2D eigenvalue weighted by molar-refractivity contribution is -0.134. The fourth-order valence-electron chi connectivity index (χ4n) is 3.14. The van der Waals surface area contributed by atoms with Crippen molar-refractivity contribution < 1.29 is 4.79 Å². The van der Waals surface area contributed by atoms with Gasteiger partial charge in [0, 0.05) is 43.6 Å². The van der Waals surface area contributed by atoms with Crippen molar-refractivity contribution in [3.63, 3.8) is 0 Å². The minimum atomic E-state index is -0.188. The molecule has 0 aliphatic carbocycles. The highest BCUT2D eigenvalue weighted by Crippen LogP contribution is 2.21.